The predicted molar refractivity (Wildman–Crippen MR) is 59.8 cm³/mol. The van der Waals surface area contributed by atoms with E-state index < -0.39 is 6.36 Å². The van der Waals surface area contributed by atoms with Crippen molar-refractivity contribution in [3.63, 3.8) is 0 Å². The van der Waals surface area contributed by atoms with Gasteiger partial charge >= 0.3 is 6.36 Å². The van der Waals surface area contributed by atoms with Crippen LogP contribution in [0.1, 0.15) is 16.2 Å². The van der Waals surface area contributed by atoms with Gasteiger partial charge in [-0.15, -0.1) is 13.2 Å². The van der Waals surface area contributed by atoms with Crippen molar-refractivity contribution in [3.05, 3.63) is 48.0 Å². The Bertz CT molecular complexity index is 561. The van der Waals surface area contributed by atoms with Crippen LogP contribution in [0, 0.1) is 0 Å². The summed E-state index contributed by atoms with van der Waals surface area (Å²) >= 11 is 0. The zero-order chi connectivity index (χ0) is 13.9. The molecule has 1 aromatic carbocycles. The summed E-state index contributed by atoms with van der Waals surface area (Å²) in [7, 11) is 0. The lowest BCUT2D eigenvalue weighted by Gasteiger charge is -2.09. The van der Waals surface area contributed by atoms with Crippen LogP contribution < -0.4 is 4.74 Å². The van der Waals surface area contributed by atoms with E-state index in [0.29, 0.717) is 12.8 Å². The number of rotatable bonds is 4. The normalized spacial score (nSPS) is 11.3. The fourth-order valence-electron chi connectivity index (χ4n) is 1.57. The van der Waals surface area contributed by atoms with Gasteiger partial charge in [-0.25, -0.2) is 4.98 Å². The maximum absolute atomic E-state index is 12.0. The molecular weight excluding hydrogens is 261 g/mol. The number of hydrogen-bond acceptors (Lipinski definition) is 3. The first-order chi connectivity index (χ1) is 8.98. The average Bonchev–Trinajstić information content (AvgIpc) is 2.77. The molecule has 2 rings (SSSR count). The van der Waals surface area contributed by atoms with E-state index in [4.69, 9.17) is 0 Å². The number of alkyl halides is 3. The molecule has 0 aliphatic heterocycles. The van der Waals surface area contributed by atoms with E-state index in [1.165, 1.54) is 30.5 Å². The van der Waals surface area contributed by atoms with Crippen molar-refractivity contribution < 1.29 is 22.7 Å². The summed E-state index contributed by atoms with van der Waals surface area (Å²) in [6, 6.07) is 5.44. The third kappa shape index (κ3) is 3.57. The molecular formula is C12H9F3N2O2. The number of halogens is 3. The number of carbonyl (C=O) groups is 1. The average molecular weight is 270 g/mol. The maximum atomic E-state index is 12.0. The second-order valence-electron chi connectivity index (χ2n) is 3.72. The van der Waals surface area contributed by atoms with Crippen molar-refractivity contribution in [3.8, 4) is 5.75 Å². The lowest BCUT2D eigenvalue weighted by Crippen LogP contribution is -2.17. The predicted octanol–water partition coefficient (Wildman–Crippen LogP) is 2.64. The maximum Gasteiger partial charge on any atom is 0.573 e. The first-order valence-electron chi connectivity index (χ1n) is 5.29. The molecule has 1 heterocycles. The Morgan fingerprint density at radius 2 is 1.95 bits per heavy atom. The lowest BCUT2D eigenvalue weighted by atomic mass is 10.2. The topological polar surface area (TPSA) is 44.1 Å². The van der Waals surface area contributed by atoms with Gasteiger partial charge in [0.2, 0.25) is 0 Å². The van der Waals surface area contributed by atoms with Crippen molar-refractivity contribution in [2.45, 2.75) is 12.9 Å². The molecule has 0 bridgehead atoms. The number of benzene rings is 1. The monoisotopic (exact) mass is 270 g/mol. The number of nitrogens with zero attached hydrogens (tertiary/aromatic N) is 2. The summed E-state index contributed by atoms with van der Waals surface area (Å²) in [5, 5.41) is 0. The fourth-order valence-corrected chi connectivity index (χ4v) is 1.57. The van der Waals surface area contributed by atoms with Crippen LogP contribution in [0.15, 0.2) is 36.7 Å². The van der Waals surface area contributed by atoms with Gasteiger partial charge in [-0.2, -0.15) is 0 Å². The highest BCUT2D eigenvalue weighted by Gasteiger charge is 2.30. The van der Waals surface area contributed by atoms with E-state index in [2.05, 4.69) is 9.72 Å². The molecule has 4 nitrogen and oxygen atoms in total. The molecule has 0 aliphatic rings. The van der Waals surface area contributed by atoms with Gasteiger partial charge in [-0.3, -0.25) is 4.79 Å². The Kier molecular flexibility index (Phi) is 3.55. The molecule has 0 saturated heterocycles. The molecule has 1 aromatic heterocycles. The highest BCUT2D eigenvalue weighted by molar-refractivity contribution is 5.69. The molecule has 7 heteroatoms. The molecule has 0 N–H and O–H groups in total. The van der Waals surface area contributed by atoms with Crippen LogP contribution in [0.3, 0.4) is 0 Å². The van der Waals surface area contributed by atoms with Gasteiger partial charge in [-0.1, -0.05) is 12.1 Å². The first kappa shape index (κ1) is 13.1. The van der Waals surface area contributed by atoms with E-state index in [1.807, 2.05) is 0 Å². The Labute approximate surface area is 106 Å². The Morgan fingerprint density at radius 1 is 1.26 bits per heavy atom. The zero-order valence-electron chi connectivity index (χ0n) is 9.59. The number of aldehydes is 1. The molecule has 0 atom stereocenters. The van der Waals surface area contributed by atoms with Crippen molar-refractivity contribution >= 4 is 6.29 Å². The highest BCUT2D eigenvalue weighted by Crippen LogP contribution is 2.22. The van der Waals surface area contributed by atoms with Gasteiger partial charge in [-0.05, 0) is 17.7 Å². The van der Waals surface area contributed by atoms with Crippen LogP contribution in [-0.4, -0.2) is 22.2 Å². The number of imidazole rings is 1. The van der Waals surface area contributed by atoms with Crippen molar-refractivity contribution in [1.82, 2.24) is 9.55 Å². The molecule has 2 aromatic rings. The SMILES string of the molecule is O=Cc1nccn1Cc1ccc(OC(F)(F)F)cc1. The third-order valence-corrected chi connectivity index (χ3v) is 2.36. The minimum Gasteiger partial charge on any atom is -0.406 e. The third-order valence-electron chi connectivity index (χ3n) is 2.36. The standard InChI is InChI=1S/C12H9F3N2O2/c13-12(14,15)19-10-3-1-9(2-4-10)7-17-6-5-16-11(17)8-18/h1-6,8H,7H2. The summed E-state index contributed by atoms with van der Waals surface area (Å²) in [5.74, 6) is -0.0203. The van der Waals surface area contributed by atoms with E-state index in [-0.39, 0.29) is 11.6 Å². The smallest absolute Gasteiger partial charge is 0.406 e. The van der Waals surface area contributed by atoms with E-state index >= 15 is 0 Å². The largest absolute Gasteiger partial charge is 0.573 e. The second kappa shape index (κ2) is 5.13. The number of ether oxygens (including phenoxy) is 1. The summed E-state index contributed by atoms with van der Waals surface area (Å²) in [6.45, 7) is 0.348. The van der Waals surface area contributed by atoms with Gasteiger partial charge in [0.1, 0.15) is 5.75 Å². The van der Waals surface area contributed by atoms with Crippen LogP contribution in [-0.2, 0) is 6.54 Å². The van der Waals surface area contributed by atoms with E-state index in [1.54, 1.807) is 10.8 Å². The summed E-state index contributed by atoms with van der Waals surface area (Å²) in [5.41, 5.74) is 0.732. The van der Waals surface area contributed by atoms with Crippen LogP contribution in [0.5, 0.6) is 5.75 Å². The van der Waals surface area contributed by atoms with Crippen LogP contribution >= 0.6 is 0 Å². The molecule has 0 spiro atoms. The van der Waals surface area contributed by atoms with E-state index in [0.717, 1.165) is 5.56 Å². The van der Waals surface area contributed by atoms with Crippen molar-refractivity contribution in [2.75, 3.05) is 0 Å². The minimum atomic E-state index is -4.70. The minimum absolute atomic E-state index is 0.260. The summed E-state index contributed by atoms with van der Waals surface area (Å²) in [6.07, 6.45) is -0.994. The molecule has 100 valence electrons. The quantitative estimate of drug-likeness (QED) is 0.802. The molecule has 0 radical (unpaired) electrons. The molecule has 0 saturated carbocycles. The second-order valence-corrected chi connectivity index (χ2v) is 3.72. The molecule has 19 heavy (non-hydrogen) atoms. The number of hydrogen-bond donors (Lipinski definition) is 0. The molecule has 0 unspecified atom stereocenters. The summed E-state index contributed by atoms with van der Waals surface area (Å²) in [4.78, 5) is 14.5. The Hall–Kier alpha value is -2.31. The van der Waals surface area contributed by atoms with Crippen LogP contribution in [0.2, 0.25) is 0 Å². The summed E-state index contributed by atoms with van der Waals surface area (Å²) < 4.78 is 41.3. The number of carbonyl (C=O) groups excluding carboxylic acids is 1. The number of aromatic nitrogens is 2. The van der Waals surface area contributed by atoms with Crippen LogP contribution in [0.25, 0.3) is 0 Å². The van der Waals surface area contributed by atoms with Crippen molar-refractivity contribution in [1.29, 1.82) is 0 Å². The molecule has 0 fully saturated rings. The highest BCUT2D eigenvalue weighted by atomic mass is 19.4. The van der Waals surface area contributed by atoms with E-state index in [9.17, 15) is 18.0 Å². The zero-order valence-corrected chi connectivity index (χ0v) is 9.59. The van der Waals surface area contributed by atoms with Gasteiger partial charge in [0.15, 0.2) is 12.1 Å². The molecule has 0 aliphatic carbocycles. The van der Waals surface area contributed by atoms with Gasteiger partial charge in [0.25, 0.3) is 0 Å². The van der Waals surface area contributed by atoms with Gasteiger partial charge < -0.3 is 9.30 Å². The Balaban J connectivity index is 2.09. The first-order valence-corrected chi connectivity index (χ1v) is 5.29. The van der Waals surface area contributed by atoms with Gasteiger partial charge in [0.05, 0.1) is 0 Å². The van der Waals surface area contributed by atoms with Gasteiger partial charge in [0, 0.05) is 18.9 Å². The van der Waals surface area contributed by atoms with Crippen LogP contribution in [0.4, 0.5) is 13.2 Å². The fraction of sp³-hybridized carbons (Fsp3) is 0.167. The lowest BCUT2D eigenvalue weighted by molar-refractivity contribution is -0.274. The van der Waals surface area contributed by atoms with Crippen molar-refractivity contribution in [2.24, 2.45) is 0 Å². The molecule has 0 amide bonds. The Morgan fingerprint density at radius 3 is 2.53 bits per heavy atom.